The van der Waals surface area contributed by atoms with Crippen molar-refractivity contribution >= 4 is 12.6 Å². The Labute approximate surface area is 242 Å². The van der Waals surface area contributed by atoms with Gasteiger partial charge in [0.05, 0.1) is 16.6 Å². The molecule has 4 aromatic carbocycles. The van der Waals surface area contributed by atoms with Crippen molar-refractivity contribution in [3.05, 3.63) is 132 Å². The van der Waals surface area contributed by atoms with E-state index in [9.17, 15) is 0 Å². The summed E-state index contributed by atoms with van der Waals surface area (Å²) in [4.78, 5) is 0. The van der Waals surface area contributed by atoms with Crippen LogP contribution in [0.25, 0.3) is 22.3 Å². The van der Waals surface area contributed by atoms with Crippen molar-refractivity contribution in [3.63, 3.8) is 0 Å². The maximum atomic E-state index is 6.79. The minimum absolute atomic E-state index is 0.0484. The predicted octanol–water partition coefficient (Wildman–Crippen LogP) is 7.47. The van der Waals surface area contributed by atoms with Crippen LogP contribution in [-0.2, 0) is 14.7 Å². The Morgan fingerprint density at radius 1 is 0.610 bits per heavy atom. The van der Waals surface area contributed by atoms with Crippen molar-refractivity contribution in [2.75, 3.05) is 0 Å². The molecular formula is C37H33BO3. The lowest BCUT2D eigenvalue weighted by Gasteiger charge is -2.47. The van der Waals surface area contributed by atoms with E-state index in [-0.39, 0.29) is 35.8 Å². The van der Waals surface area contributed by atoms with Crippen LogP contribution in [0.2, 0.25) is 0 Å². The van der Waals surface area contributed by atoms with Gasteiger partial charge in [0.25, 0.3) is 0 Å². The molecule has 202 valence electrons. The van der Waals surface area contributed by atoms with Crippen molar-refractivity contribution in [1.29, 1.82) is 0 Å². The Kier molecular flexibility index (Phi) is 5.21. The zero-order valence-electron chi connectivity index (χ0n) is 23.9. The monoisotopic (exact) mass is 536 g/mol. The van der Waals surface area contributed by atoms with E-state index >= 15 is 0 Å². The summed E-state index contributed by atoms with van der Waals surface area (Å²) in [5.74, 6) is 1.11. The molecular weight excluding hydrogens is 503 g/mol. The SMILES string of the molecule is CC1(C)OB(c2ccc(-c3ccc4c(c3)OC3C=CC=CC3C43c4ccccc4-c4ccccc43)cc2)OC1(C)C. The molecule has 41 heavy (non-hydrogen) atoms. The highest BCUT2D eigenvalue weighted by atomic mass is 16.7. The molecule has 0 amide bonds. The average Bonchev–Trinajstić information content (AvgIpc) is 3.40. The van der Waals surface area contributed by atoms with Gasteiger partial charge < -0.3 is 14.0 Å². The van der Waals surface area contributed by atoms with Crippen molar-refractivity contribution in [2.24, 2.45) is 5.92 Å². The van der Waals surface area contributed by atoms with E-state index < -0.39 is 0 Å². The summed E-state index contributed by atoms with van der Waals surface area (Å²) >= 11 is 0. The fraction of sp³-hybridized carbons (Fsp3) is 0.243. The summed E-state index contributed by atoms with van der Waals surface area (Å²) < 4.78 is 19.3. The number of benzene rings is 4. The lowest BCUT2D eigenvalue weighted by molar-refractivity contribution is 0.00578. The normalized spacial score (nSPS) is 23.5. The molecule has 0 radical (unpaired) electrons. The van der Waals surface area contributed by atoms with Crippen LogP contribution in [0.1, 0.15) is 44.4 Å². The molecule has 2 unspecified atom stereocenters. The molecule has 2 aliphatic carbocycles. The predicted molar refractivity (Wildman–Crippen MR) is 166 cm³/mol. The van der Waals surface area contributed by atoms with E-state index in [1.54, 1.807) is 0 Å². The molecule has 8 rings (SSSR count). The Balaban J connectivity index is 1.24. The third kappa shape index (κ3) is 3.41. The minimum Gasteiger partial charge on any atom is -0.485 e. The number of hydrogen-bond donors (Lipinski definition) is 0. The first-order chi connectivity index (χ1) is 19.8. The molecule has 1 saturated heterocycles. The number of hydrogen-bond acceptors (Lipinski definition) is 3. The topological polar surface area (TPSA) is 27.7 Å². The lowest BCUT2D eigenvalue weighted by Crippen LogP contribution is -2.47. The van der Waals surface area contributed by atoms with Crippen LogP contribution < -0.4 is 10.2 Å². The molecule has 2 aliphatic heterocycles. The third-order valence-electron chi connectivity index (χ3n) is 10.0. The molecule has 0 aromatic heterocycles. The maximum Gasteiger partial charge on any atom is 0.494 e. The van der Waals surface area contributed by atoms with Gasteiger partial charge in [-0.3, -0.25) is 0 Å². The number of fused-ring (bicyclic) bond motifs is 9. The van der Waals surface area contributed by atoms with E-state index in [0.29, 0.717) is 0 Å². The molecule has 1 spiro atoms. The number of allylic oxidation sites excluding steroid dienone is 2. The summed E-state index contributed by atoms with van der Waals surface area (Å²) in [6.45, 7) is 8.35. The van der Waals surface area contributed by atoms with Gasteiger partial charge in [-0.25, -0.2) is 0 Å². The summed E-state index contributed by atoms with van der Waals surface area (Å²) in [5.41, 5.74) is 8.86. The van der Waals surface area contributed by atoms with Crippen LogP contribution in [0.15, 0.2) is 115 Å². The lowest BCUT2D eigenvalue weighted by atomic mass is 9.60. The zero-order valence-corrected chi connectivity index (χ0v) is 23.9. The first-order valence-electron chi connectivity index (χ1n) is 14.6. The average molecular weight is 536 g/mol. The molecule has 4 heteroatoms. The van der Waals surface area contributed by atoms with Crippen molar-refractivity contribution < 1.29 is 14.0 Å². The molecule has 3 nitrogen and oxygen atoms in total. The molecule has 4 aromatic rings. The molecule has 4 aliphatic rings. The fourth-order valence-electron chi connectivity index (χ4n) is 7.27. The first-order valence-corrected chi connectivity index (χ1v) is 14.6. The van der Waals surface area contributed by atoms with Crippen LogP contribution >= 0.6 is 0 Å². The largest absolute Gasteiger partial charge is 0.494 e. The van der Waals surface area contributed by atoms with Crippen LogP contribution in [0, 0.1) is 5.92 Å². The van der Waals surface area contributed by atoms with E-state index in [2.05, 4.69) is 143 Å². The Hall–Kier alpha value is -3.86. The highest BCUT2D eigenvalue weighted by molar-refractivity contribution is 6.62. The van der Waals surface area contributed by atoms with Gasteiger partial charge in [-0.05, 0) is 78.7 Å². The second kappa shape index (κ2) is 8.58. The van der Waals surface area contributed by atoms with Gasteiger partial charge in [0.2, 0.25) is 0 Å². The van der Waals surface area contributed by atoms with Gasteiger partial charge >= 0.3 is 7.12 Å². The Bertz CT molecular complexity index is 1680. The summed E-state index contributed by atoms with van der Waals surface area (Å²) in [6.07, 6.45) is 8.80. The molecule has 1 fully saturated rings. The van der Waals surface area contributed by atoms with Gasteiger partial charge in [0.1, 0.15) is 11.9 Å². The summed E-state index contributed by atoms with van der Waals surface area (Å²) in [7, 11) is -0.369. The standard InChI is InChI=1S/C37H33BO3/c1-35(2)36(3,4)41-38(40-35)26-20-17-24(18-21-26)25-19-22-32-34(23-25)39-33-16-10-9-15-31(33)37(32)29-13-7-5-11-27(29)28-12-6-8-14-30(28)37/h5-23,31,33H,1-4H3. The van der Waals surface area contributed by atoms with Gasteiger partial charge in [0, 0.05) is 11.5 Å². The van der Waals surface area contributed by atoms with E-state index in [1.165, 1.54) is 27.8 Å². The van der Waals surface area contributed by atoms with Gasteiger partial charge in [-0.1, -0.05) is 103 Å². The molecule has 0 bridgehead atoms. The fourth-order valence-corrected chi connectivity index (χ4v) is 7.27. The molecule has 0 N–H and O–H groups in total. The van der Waals surface area contributed by atoms with Crippen molar-refractivity contribution in [2.45, 2.75) is 50.4 Å². The van der Waals surface area contributed by atoms with Gasteiger partial charge in [-0.2, -0.15) is 0 Å². The number of ether oxygens (including phenoxy) is 1. The molecule has 2 heterocycles. The van der Waals surface area contributed by atoms with E-state index in [1.807, 2.05) is 0 Å². The van der Waals surface area contributed by atoms with Crippen LogP contribution in [0.5, 0.6) is 5.75 Å². The quantitative estimate of drug-likeness (QED) is 0.249. The zero-order chi connectivity index (χ0) is 28.0. The van der Waals surface area contributed by atoms with Gasteiger partial charge in [-0.15, -0.1) is 0 Å². The third-order valence-corrected chi connectivity index (χ3v) is 10.0. The van der Waals surface area contributed by atoms with Crippen LogP contribution in [0.3, 0.4) is 0 Å². The second-order valence-corrected chi connectivity index (χ2v) is 12.7. The van der Waals surface area contributed by atoms with E-state index in [0.717, 1.165) is 22.3 Å². The highest BCUT2D eigenvalue weighted by Crippen LogP contribution is 2.61. The summed E-state index contributed by atoms with van der Waals surface area (Å²) in [6, 6.07) is 33.2. The summed E-state index contributed by atoms with van der Waals surface area (Å²) in [5, 5.41) is 0. The van der Waals surface area contributed by atoms with Crippen LogP contribution in [-0.4, -0.2) is 24.4 Å². The minimum atomic E-state index is -0.369. The molecule has 0 saturated carbocycles. The maximum absolute atomic E-state index is 6.79. The second-order valence-electron chi connectivity index (χ2n) is 12.7. The first kappa shape index (κ1) is 24.9. The molecule has 2 atom stereocenters. The van der Waals surface area contributed by atoms with E-state index in [4.69, 9.17) is 14.0 Å². The highest BCUT2D eigenvalue weighted by Gasteiger charge is 2.56. The number of rotatable bonds is 2. The van der Waals surface area contributed by atoms with Gasteiger partial charge in [0.15, 0.2) is 0 Å². The smallest absolute Gasteiger partial charge is 0.485 e. The Morgan fingerprint density at radius 2 is 1.20 bits per heavy atom. The van der Waals surface area contributed by atoms with Crippen molar-refractivity contribution in [3.8, 4) is 28.0 Å². The Morgan fingerprint density at radius 3 is 1.85 bits per heavy atom. The van der Waals surface area contributed by atoms with Crippen molar-refractivity contribution in [1.82, 2.24) is 0 Å². The van der Waals surface area contributed by atoms with Crippen LogP contribution in [0.4, 0.5) is 0 Å².